The summed E-state index contributed by atoms with van der Waals surface area (Å²) >= 11 is 0. The van der Waals surface area contributed by atoms with Gasteiger partial charge in [0.05, 0.1) is 13.1 Å². The third-order valence-electron chi connectivity index (χ3n) is 5.62. The van der Waals surface area contributed by atoms with Gasteiger partial charge in [0.25, 0.3) is 0 Å². The lowest BCUT2D eigenvalue weighted by Crippen LogP contribution is -2.47. The van der Waals surface area contributed by atoms with Crippen LogP contribution in [0, 0.1) is 0 Å². The van der Waals surface area contributed by atoms with Crippen LogP contribution < -0.4 is 10.6 Å². The number of benzene rings is 1. The van der Waals surface area contributed by atoms with Crippen molar-refractivity contribution >= 4 is 5.96 Å². The van der Waals surface area contributed by atoms with Crippen molar-refractivity contribution in [3.8, 4) is 0 Å². The number of nitrogens with one attached hydrogen (secondary N) is 2. The molecule has 1 aliphatic rings. The Labute approximate surface area is 181 Å². The molecule has 7 nitrogen and oxygen atoms in total. The second kappa shape index (κ2) is 10.6. The van der Waals surface area contributed by atoms with E-state index in [2.05, 4.69) is 95.4 Å². The number of aryl methyl sites for hydroxylation is 1. The molecule has 164 valence electrons. The lowest BCUT2D eigenvalue weighted by molar-refractivity contribution is 0.255. The number of hydrogen-bond acceptors (Lipinski definition) is 4. The average Bonchev–Trinajstić information content (AvgIpc) is 3.16. The maximum absolute atomic E-state index is 4.87. The van der Waals surface area contributed by atoms with Gasteiger partial charge < -0.3 is 10.6 Å². The molecule has 2 aromatic rings. The van der Waals surface area contributed by atoms with Gasteiger partial charge in [-0.2, -0.15) is 5.10 Å². The molecule has 30 heavy (non-hydrogen) atoms. The van der Waals surface area contributed by atoms with Gasteiger partial charge in [-0.25, -0.2) is 9.67 Å². The minimum atomic E-state index is 0.314. The molecule has 0 saturated carbocycles. The zero-order valence-electron chi connectivity index (χ0n) is 19.1. The number of nitrogens with zero attached hydrogens (tertiary/aromatic N) is 5. The Balaban J connectivity index is 1.56. The van der Waals surface area contributed by atoms with Gasteiger partial charge in [0, 0.05) is 37.5 Å². The number of fused-ring (bicyclic) bond motifs is 1. The maximum Gasteiger partial charge on any atom is 0.191 e. The van der Waals surface area contributed by atoms with Gasteiger partial charge in [-0.1, -0.05) is 44.2 Å². The summed E-state index contributed by atoms with van der Waals surface area (Å²) in [5.41, 5.74) is 1.33. The molecule has 0 aliphatic carbocycles. The van der Waals surface area contributed by atoms with Gasteiger partial charge in [0.2, 0.25) is 0 Å². The molecule has 2 atom stereocenters. The quantitative estimate of drug-likeness (QED) is 0.516. The molecule has 2 unspecified atom stereocenters. The van der Waals surface area contributed by atoms with Gasteiger partial charge in [-0.3, -0.25) is 9.89 Å². The lowest BCUT2D eigenvalue weighted by atomic mass is 10.1. The Morgan fingerprint density at radius 2 is 2.03 bits per heavy atom. The fraction of sp³-hybridized carbons (Fsp3) is 0.609. The molecule has 0 bridgehead atoms. The Hall–Kier alpha value is -2.41. The predicted octanol–water partition coefficient (Wildman–Crippen LogP) is 2.79. The van der Waals surface area contributed by atoms with E-state index in [0.29, 0.717) is 18.0 Å². The van der Waals surface area contributed by atoms with E-state index in [9.17, 15) is 0 Å². The van der Waals surface area contributed by atoms with E-state index in [1.165, 1.54) is 5.56 Å². The number of aromatic nitrogens is 3. The van der Waals surface area contributed by atoms with Gasteiger partial charge in [0.1, 0.15) is 5.82 Å². The number of guanidine groups is 1. The molecule has 1 aromatic carbocycles. The minimum absolute atomic E-state index is 0.314. The molecule has 0 amide bonds. The molecular weight excluding hydrogens is 374 g/mol. The van der Waals surface area contributed by atoms with Crippen molar-refractivity contribution in [2.75, 3.05) is 20.1 Å². The zero-order valence-corrected chi connectivity index (χ0v) is 19.1. The molecule has 3 rings (SSSR count). The number of rotatable bonds is 8. The molecule has 1 aromatic heterocycles. The van der Waals surface area contributed by atoms with E-state index in [1.54, 1.807) is 0 Å². The van der Waals surface area contributed by atoms with Crippen LogP contribution in [0.4, 0.5) is 0 Å². The van der Waals surface area contributed by atoms with Crippen LogP contribution in [0.25, 0.3) is 0 Å². The van der Waals surface area contributed by atoms with E-state index in [1.807, 2.05) is 0 Å². The summed E-state index contributed by atoms with van der Waals surface area (Å²) in [5.74, 6) is 3.30. The van der Waals surface area contributed by atoms with Crippen LogP contribution in [0.3, 0.4) is 0 Å². The molecule has 0 radical (unpaired) electrons. The normalized spacial score (nSPS) is 17.8. The van der Waals surface area contributed by atoms with Crippen LogP contribution >= 0.6 is 0 Å². The molecule has 1 aliphatic heterocycles. The summed E-state index contributed by atoms with van der Waals surface area (Å²) in [4.78, 5) is 11.9. The molecule has 7 heteroatoms. The Kier molecular flexibility index (Phi) is 7.85. The van der Waals surface area contributed by atoms with Crippen molar-refractivity contribution in [1.82, 2.24) is 30.3 Å². The zero-order chi connectivity index (χ0) is 21.5. The average molecular weight is 412 g/mol. The fourth-order valence-corrected chi connectivity index (χ4v) is 3.59. The first-order valence-corrected chi connectivity index (χ1v) is 11.2. The first-order valence-electron chi connectivity index (χ1n) is 11.2. The monoisotopic (exact) mass is 411 g/mol. The Morgan fingerprint density at radius 3 is 2.73 bits per heavy atom. The van der Waals surface area contributed by atoms with Crippen molar-refractivity contribution < 1.29 is 0 Å². The van der Waals surface area contributed by atoms with Gasteiger partial charge in [-0.15, -0.1) is 0 Å². The van der Waals surface area contributed by atoms with Crippen molar-refractivity contribution in [3.05, 3.63) is 47.5 Å². The van der Waals surface area contributed by atoms with E-state index in [-0.39, 0.29) is 0 Å². The van der Waals surface area contributed by atoms with Crippen LogP contribution in [0.2, 0.25) is 0 Å². The summed E-state index contributed by atoms with van der Waals surface area (Å²) < 4.78 is 2.07. The van der Waals surface area contributed by atoms with E-state index in [0.717, 1.165) is 56.6 Å². The van der Waals surface area contributed by atoms with E-state index in [4.69, 9.17) is 4.99 Å². The third-order valence-corrected chi connectivity index (χ3v) is 5.62. The highest BCUT2D eigenvalue weighted by Crippen LogP contribution is 2.17. The van der Waals surface area contributed by atoms with Crippen LogP contribution in [-0.4, -0.2) is 57.8 Å². The standard InChI is InChI=1S/C23H37N7/c1-6-24-23(25-14-18(4)29(5)15-19-10-8-7-9-11-19)26-20-12-13-21-27-22(17(2)3)28-30(21)16-20/h7-11,17-18,20H,6,12-16H2,1-5H3,(H2,24,25,26). The highest BCUT2D eigenvalue weighted by molar-refractivity contribution is 5.80. The molecular formula is C23H37N7. The van der Waals surface area contributed by atoms with Crippen molar-refractivity contribution in [2.24, 2.45) is 4.99 Å². The van der Waals surface area contributed by atoms with Crippen molar-refractivity contribution in [3.63, 3.8) is 0 Å². The largest absolute Gasteiger partial charge is 0.357 e. The highest BCUT2D eigenvalue weighted by Gasteiger charge is 2.23. The molecule has 0 saturated heterocycles. The van der Waals surface area contributed by atoms with E-state index < -0.39 is 0 Å². The van der Waals surface area contributed by atoms with Gasteiger partial charge >= 0.3 is 0 Å². The predicted molar refractivity (Wildman–Crippen MR) is 123 cm³/mol. The molecule has 2 N–H and O–H groups in total. The summed E-state index contributed by atoms with van der Waals surface area (Å²) in [6.45, 7) is 12.0. The van der Waals surface area contributed by atoms with Crippen molar-refractivity contribution in [1.29, 1.82) is 0 Å². The van der Waals surface area contributed by atoms with Crippen LogP contribution in [0.15, 0.2) is 35.3 Å². The van der Waals surface area contributed by atoms with E-state index >= 15 is 0 Å². The number of likely N-dealkylation sites (N-methyl/N-ethyl adjacent to an activating group) is 1. The Morgan fingerprint density at radius 1 is 1.27 bits per heavy atom. The number of hydrogen-bond donors (Lipinski definition) is 2. The van der Waals surface area contributed by atoms with Crippen LogP contribution in [-0.2, 0) is 19.5 Å². The third kappa shape index (κ3) is 6.05. The maximum atomic E-state index is 4.87. The molecule has 0 spiro atoms. The fourth-order valence-electron chi connectivity index (χ4n) is 3.59. The second-order valence-electron chi connectivity index (χ2n) is 8.57. The first kappa shape index (κ1) is 22.3. The van der Waals surface area contributed by atoms with Gasteiger partial charge in [0.15, 0.2) is 11.8 Å². The van der Waals surface area contributed by atoms with Crippen molar-refractivity contribution in [2.45, 2.75) is 71.6 Å². The highest BCUT2D eigenvalue weighted by atomic mass is 15.4. The minimum Gasteiger partial charge on any atom is -0.357 e. The molecule has 2 heterocycles. The summed E-state index contributed by atoms with van der Waals surface area (Å²) in [6, 6.07) is 11.2. The van der Waals surface area contributed by atoms with Gasteiger partial charge in [-0.05, 0) is 32.9 Å². The topological polar surface area (TPSA) is 70.4 Å². The van der Waals surface area contributed by atoms with Crippen LogP contribution in [0.1, 0.15) is 57.2 Å². The lowest BCUT2D eigenvalue weighted by Gasteiger charge is -2.27. The summed E-state index contributed by atoms with van der Waals surface area (Å²) in [6.07, 6.45) is 2.00. The Bertz CT molecular complexity index is 812. The molecule has 0 fully saturated rings. The van der Waals surface area contributed by atoms with Crippen LogP contribution in [0.5, 0.6) is 0 Å². The summed E-state index contributed by atoms with van der Waals surface area (Å²) in [5, 5.41) is 11.7. The first-order chi connectivity index (χ1) is 14.5. The second-order valence-corrected chi connectivity index (χ2v) is 8.57. The smallest absolute Gasteiger partial charge is 0.191 e. The number of aliphatic imine (C=N–C) groups is 1. The summed E-state index contributed by atoms with van der Waals surface area (Å²) in [7, 11) is 2.16. The SMILES string of the molecule is CCNC(=NCC(C)N(C)Cc1ccccc1)NC1CCc2nc(C(C)C)nn2C1.